The van der Waals surface area contributed by atoms with Crippen LogP contribution in [0.25, 0.3) is 0 Å². The Kier molecular flexibility index (Phi) is 4.00. The summed E-state index contributed by atoms with van der Waals surface area (Å²) < 4.78 is 25.5. The van der Waals surface area contributed by atoms with E-state index in [2.05, 4.69) is 0 Å². The summed E-state index contributed by atoms with van der Waals surface area (Å²) in [7, 11) is 1.49. The first kappa shape index (κ1) is 13.3. The van der Waals surface area contributed by atoms with Crippen molar-refractivity contribution in [3.05, 3.63) is 0 Å². The van der Waals surface area contributed by atoms with Gasteiger partial charge < -0.3 is 5.11 Å². The van der Waals surface area contributed by atoms with Crippen molar-refractivity contribution in [2.45, 2.75) is 26.7 Å². The third-order valence-corrected chi connectivity index (χ3v) is 1.53. The van der Waals surface area contributed by atoms with Crippen molar-refractivity contribution >= 4 is 5.97 Å². The number of alkyl halides is 2. The molecule has 0 amide bonds. The van der Waals surface area contributed by atoms with Crippen molar-refractivity contribution in [2.75, 3.05) is 20.1 Å². The minimum atomic E-state index is -3.67. The Morgan fingerprint density at radius 3 is 2.00 bits per heavy atom. The Morgan fingerprint density at radius 1 is 1.29 bits per heavy atom. The van der Waals surface area contributed by atoms with Crippen LogP contribution in [0, 0.1) is 5.41 Å². The molecule has 0 spiro atoms. The maximum atomic E-state index is 12.7. The fourth-order valence-corrected chi connectivity index (χ4v) is 1.27. The molecule has 1 N–H and O–H groups in total. The number of nitrogens with zero attached hydrogens (tertiary/aromatic N) is 1. The van der Waals surface area contributed by atoms with Crippen molar-refractivity contribution < 1.29 is 18.7 Å². The number of aliphatic carboxylic acids is 1. The Balaban J connectivity index is 4.19. The average molecular weight is 209 g/mol. The molecule has 84 valence electrons. The van der Waals surface area contributed by atoms with Gasteiger partial charge in [-0.1, -0.05) is 20.8 Å². The van der Waals surface area contributed by atoms with Crippen LogP contribution >= 0.6 is 0 Å². The fraction of sp³-hybridized carbons (Fsp3) is 0.889. The molecule has 0 saturated carbocycles. The molecule has 0 radical (unpaired) electrons. The lowest BCUT2D eigenvalue weighted by molar-refractivity contribution is -0.167. The molecule has 0 aromatic heterocycles. The minimum absolute atomic E-state index is 0.122. The lowest BCUT2D eigenvalue weighted by atomic mass is 9.96. The molecule has 0 rings (SSSR count). The van der Waals surface area contributed by atoms with Gasteiger partial charge in [-0.3, -0.25) is 4.90 Å². The van der Waals surface area contributed by atoms with Crippen molar-refractivity contribution in [3.63, 3.8) is 0 Å². The number of hydrogen-bond acceptors (Lipinski definition) is 2. The Labute approximate surface area is 82.7 Å². The number of hydrogen-bond donors (Lipinski definition) is 1. The summed E-state index contributed by atoms with van der Waals surface area (Å²) in [5.41, 5.74) is -0.122. The summed E-state index contributed by atoms with van der Waals surface area (Å²) in [5, 5.41) is 8.21. The lowest BCUT2D eigenvalue weighted by Crippen LogP contribution is -2.43. The van der Waals surface area contributed by atoms with Crippen LogP contribution in [0.2, 0.25) is 0 Å². The highest BCUT2D eigenvalue weighted by Gasteiger charge is 2.40. The maximum Gasteiger partial charge on any atom is 0.375 e. The van der Waals surface area contributed by atoms with E-state index < -0.39 is 18.4 Å². The van der Waals surface area contributed by atoms with Gasteiger partial charge in [0, 0.05) is 6.54 Å². The van der Waals surface area contributed by atoms with Gasteiger partial charge in [-0.05, 0) is 12.5 Å². The number of rotatable bonds is 4. The van der Waals surface area contributed by atoms with Crippen LogP contribution in [0.1, 0.15) is 20.8 Å². The minimum Gasteiger partial charge on any atom is -0.477 e. The van der Waals surface area contributed by atoms with Gasteiger partial charge in [0.2, 0.25) is 0 Å². The molecular weight excluding hydrogens is 192 g/mol. The van der Waals surface area contributed by atoms with Crippen molar-refractivity contribution in [1.82, 2.24) is 4.90 Å². The molecule has 0 aliphatic rings. The topological polar surface area (TPSA) is 40.5 Å². The summed E-state index contributed by atoms with van der Waals surface area (Å²) in [4.78, 5) is 11.5. The molecule has 0 fully saturated rings. The lowest BCUT2D eigenvalue weighted by Gasteiger charge is -2.28. The molecule has 5 heteroatoms. The van der Waals surface area contributed by atoms with E-state index in [0.717, 1.165) is 0 Å². The van der Waals surface area contributed by atoms with Gasteiger partial charge in [0.15, 0.2) is 0 Å². The SMILES string of the molecule is CN(CC(C)(C)C)CC(F)(F)C(=O)O. The highest BCUT2D eigenvalue weighted by molar-refractivity contribution is 5.75. The summed E-state index contributed by atoms with van der Waals surface area (Å²) in [6.07, 6.45) is 0. The van der Waals surface area contributed by atoms with Gasteiger partial charge in [0.05, 0.1) is 6.54 Å². The Morgan fingerprint density at radius 2 is 1.71 bits per heavy atom. The predicted molar refractivity (Wildman–Crippen MR) is 49.5 cm³/mol. The number of carboxylic acids is 1. The zero-order valence-corrected chi connectivity index (χ0v) is 8.97. The van der Waals surface area contributed by atoms with Gasteiger partial charge in [0.1, 0.15) is 0 Å². The monoisotopic (exact) mass is 209 g/mol. The molecule has 0 aliphatic heterocycles. The normalized spacial score (nSPS) is 13.4. The van der Waals surface area contributed by atoms with Crippen LogP contribution < -0.4 is 0 Å². The van der Waals surface area contributed by atoms with Gasteiger partial charge >= 0.3 is 11.9 Å². The van der Waals surface area contributed by atoms with Gasteiger partial charge in [0.25, 0.3) is 0 Å². The molecule has 0 aromatic carbocycles. The van der Waals surface area contributed by atoms with E-state index in [1.165, 1.54) is 11.9 Å². The quantitative estimate of drug-likeness (QED) is 0.765. The summed E-state index contributed by atoms with van der Waals surface area (Å²) >= 11 is 0. The molecule has 0 heterocycles. The molecule has 0 aromatic rings. The fourth-order valence-electron chi connectivity index (χ4n) is 1.27. The summed E-state index contributed by atoms with van der Waals surface area (Å²) in [5.74, 6) is -5.74. The first-order valence-electron chi connectivity index (χ1n) is 4.34. The van der Waals surface area contributed by atoms with E-state index >= 15 is 0 Å². The van der Waals surface area contributed by atoms with E-state index in [4.69, 9.17) is 5.11 Å². The molecule has 14 heavy (non-hydrogen) atoms. The van der Waals surface area contributed by atoms with Crippen LogP contribution in [0.15, 0.2) is 0 Å². The molecule has 3 nitrogen and oxygen atoms in total. The van der Waals surface area contributed by atoms with Gasteiger partial charge in [-0.15, -0.1) is 0 Å². The average Bonchev–Trinajstić information content (AvgIpc) is 1.79. The van der Waals surface area contributed by atoms with E-state index in [-0.39, 0.29) is 5.41 Å². The second-order valence-corrected chi connectivity index (χ2v) is 4.74. The standard InChI is InChI=1S/C9H17F2NO2/c1-8(2,3)5-12(4)6-9(10,11)7(13)14/h5-6H2,1-4H3,(H,13,14). The van der Waals surface area contributed by atoms with E-state index in [0.29, 0.717) is 6.54 Å². The van der Waals surface area contributed by atoms with E-state index in [1.54, 1.807) is 0 Å². The highest BCUT2D eigenvalue weighted by atomic mass is 19.3. The van der Waals surface area contributed by atoms with Crippen molar-refractivity contribution in [3.8, 4) is 0 Å². The predicted octanol–water partition coefficient (Wildman–Crippen LogP) is 1.68. The maximum absolute atomic E-state index is 12.7. The third-order valence-electron chi connectivity index (χ3n) is 1.53. The van der Waals surface area contributed by atoms with Gasteiger partial charge in [-0.25, -0.2) is 4.79 Å². The van der Waals surface area contributed by atoms with Crippen molar-refractivity contribution in [2.24, 2.45) is 5.41 Å². The number of carbonyl (C=O) groups is 1. The number of halogens is 2. The molecule has 0 atom stereocenters. The molecule has 0 aliphatic carbocycles. The van der Waals surface area contributed by atoms with Crippen LogP contribution in [-0.4, -0.2) is 42.0 Å². The van der Waals surface area contributed by atoms with E-state index in [1.807, 2.05) is 20.8 Å². The van der Waals surface area contributed by atoms with Crippen molar-refractivity contribution in [1.29, 1.82) is 0 Å². The molecule has 0 unspecified atom stereocenters. The van der Waals surface area contributed by atoms with Crippen LogP contribution in [0.3, 0.4) is 0 Å². The van der Waals surface area contributed by atoms with Gasteiger partial charge in [-0.2, -0.15) is 8.78 Å². The zero-order valence-electron chi connectivity index (χ0n) is 8.97. The molecule has 0 bridgehead atoms. The second kappa shape index (κ2) is 4.21. The third kappa shape index (κ3) is 5.11. The van der Waals surface area contributed by atoms with Crippen LogP contribution in [0.4, 0.5) is 8.78 Å². The largest absolute Gasteiger partial charge is 0.477 e. The highest BCUT2D eigenvalue weighted by Crippen LogP contribution is 2.19. The first-order chi connectivity index (χ1) is 6.04. The number of carboxylic acid groups (broad SMARTS) is 1. The molecule has 0 saturated heterocycles. The second-order valence-electron chi connectivity index (χ2n) is 4.74. The zero-order chi connectivity index (χ0) is 11.6. The summed E-state index contributed by atoms with van der Waals surface area (Å²) in [6.45, 7) is 5.39. The summed E-state index contributed by atoms with van der Waals surface area (Å²) in [6, 6.07) is 0. The van der Waals surface area contributed by atoms with Crippen LogP contribution in [0.5, 0.6) is 0 Å². The molecular formula is C9H17F2NO2. The Bertz CT molecular complexity index is 211. The van der Waals surface area contributed by atoms with Crippen LogP contribution in [-0.2, 0) is 4.79 Å². The first-order valence-corrected chi connectivity index (χ1v) is 4.34. The Hall–Kier alpha value is -0.710. The smallest absolute Gasteiger partial charge is 0.375 e. The van der Waals surface area contributed by atoms with E-state index in [9.17, 15) is 13.6 Å².